The third-order valence-corrected chi connectivity index (χ3v) is 5.28. The second kappa shape index (κ2) is 6.31. The summed E-state index contributed by atoms with van der Waals surface area (Å²) in [6, 6.07) is 5.44. The van der Waals surface area contributed by atoms with E-state index in [4.69, 9.17) is 0 Å². The Balaban J connectivity index is 3.29. The van der Waals surface area contributed by atoms with E-state index < -0.39 is 10.0 Å². The Hall–Kier alpha value is -0.910. The number of nitrogens with one attached hydrogen (secondary N) is 1. The van der Waals surface area contributed by atoms with Crippen molar-refractivity contribution in [1.82, 2.24) is 9.62 Å². The molecule has 0 saturated heterocycles. The summed E-state index contributed by atoms with van der Waals surface area (Å²) in [4.78, 5) is 0.416. The normalized spacial score (nSPS) is 12.1. The zero-order chi connectivity index (χ0) is 13.8. The van der Waals surface area contributed by atoms with Crippen LogP contribution in [-0.2, 0) is 16.6 Å². The van der Waals surface area contributed by atoms with Crippen LogP contribution in [0, 0.1) is 6.92 Å². The minimum Gasteiger partial charge on any atom is -0.316 e. The third kappa shape index (κ3) is 2.91. The van der Waals surface area contributed by atoms with Crippen LogP contribution in [-0.4, -0.2) is 32.9 Å². The van der Waals surface area contributed by atoms with Gasteiger partial charge in [-0.3, -0.25) is 0 Å². The molecule has 0 saturated carbocycles. The van der Waals surface area contributed by atoms with Gasteiger partial charge in [-0.25, -0.2) is 8.42 Å². The standard InChI is InChI=1S/C13H22N2O2S/c1-5-15(6-2)18(16,17)13-9-7-8-12(10-14-4)11(13)3/h7-9,14H,5-6,10H2,1-4H3. The maximum atomic E-state index is 12.5. The van der Waals surface area contributed by atoms with E-state index >= 15 is 0 Å². The fraction of sp³-hybridized carbons (Fsp3) is 0.538. The van der Waals surface area contributed by atoms with Crippen molar-refractivity contribution in [2.24, 2.45) is 0 Å². The summed E-state index contributed by atoms with van der Waals surface area (Å²) in [7, 11) is -1.51. The van der Waals surface area contributed by atoms with Gasteiger partial charge < -0.3 is 5.32 Å². The highest BCUT2D eigenvalue weighted by Crippen LogP contribution is 2.22. The first kappa shape index (κ1) is 15.1. The van der Waals surface area contributed by atoms with Gasteiger partial charge in [-0.05, 0) is 31.2 Å². The minimum absolute atomic E-state index is 0.416. The molecule has 4 nitrogen and oxygen atoms in total. The lowest BCUT2D eigenvalue weighted by Crippen LogP contribution is -2.31. The Morgan fingerprint density at radius 3 is 2.33 bits per heavy atom. The van der Waals surface area contributed by atoms with Crippen molar-refractivity contribution in [3.63, 3.8) is 0 Å². The summed E-state index contributed by atoms with van der Waals surface area (Å²) in [5.41, 5.74) is 1.85. The number of nitrogens with zero attached hydrogens (tertiary/aromatic N) is 1. The number of hydrogen-bond acceptors (Lipinski definition) is 3. The van der Waals surface area contributed by atoms with E-state index in [1.165, 1.54) is 4.31 Å². The molecule has 0 unspecified atom stereocenters. The second-order valence-electron chi connectivity index (χ2n) is 4.16. The fourth-order valence-electron chi connectivity index (χ4n) is 2.02. The van der Waals surface area contributed by atoms with Crippen molar-refractivity contribution in [3.8, 4) is 0 Å². The van der Waals surface area contributed by atoms with E-state index in [2.05, 4.69) is 5.32 Å². The highest BCUT2D eigenvalue weighted by atomic mass is 32.2. The summed E-state index contributed by atoms with van der Waals surface area (Å²) in [6.07, 6.45) is 0. The molecule has 1 aromatic rings. The Kier molecular flexibility index (Phi) is 5.31. The zero-order valence-corrected chi connectivity index (χ0v) is 12.3. The van der Waals surface area contributed by atoms with Crippen LogP contribution in [0.3, 0.4) is 0 Å². The van der Waals surface area contributed by atoms with Crippen LogP contribution in [0.5, 0.6) is 0 Å². The number of benzene rings is 1. The molecule has 0 bridgehead atoms. The maximum Gasteiger partial charge on any atom is 0.243 e. The average Bonchev–Trinajstić information content (AvgIpc) is 2.33. The van der Waals surface area contributed by atoms with Crippen molar-refractivity contribution in [2.45, 2.75) is 32.2 Å². The Bertz CT molecular complexity index is 494. The molecule has 0 radical (unpaired) electrons. The molecule has 18 heavy (non-hydrogen) atoms. The summed E-state index contributed by atoms with van der Waals surface area (Å²) < 4.78 is 26.4. The smallest absolute Gasteiger partial charge is 0.243 e. The lowest BCUT2D eigenvalue weighted by atomic mass is 10.1. The van der Waals surface area contributed by atoms with Gasteiger partial charge in [0.05, 0.1) is 4.90 Å². The summed E-state index contributed by atoms with van der Waals surface area (Å²) in [5, 5.41) is 3.05. The molecule has 0 aliphatic heterocycles. The zero-order valence-electron chi connectivity index (χ0n) is 11.5. The van der Waals surface area contributed by atoms with Gasteiger partial charge in [0.2, 0.25) is 10.0 Å². The number of sulfonamides is 1. The van der Waals surface area contributed by atoms with E-state index in [1.54, 1.807) is 12.1 Å². The van der Waals surface area contributed by atoms with Gasteiger partial charge in [0.1, 0.15) is 0 Å². The van der Waals surface area contributed by atoms with E-state index in [-0.39, 0.29) is 0 Å². The number of hydrogen-bond donors (Lipinski definition) is 1. The molecule has 0 spiro atoms. The largest absolute Gasteiger partial charge is 0.316 e. The maximum absolute atomic E-state index is 12.5. The van der Waals surface area contributed by atoms with E-state index in [1.807, 2.05) is 33.9 Å². The van der Waals surface area contributed by atoms with Gasteiger partial charge in [0, 0.05) is 19.6 Å². The molecule has 0 aromatic heterocycles. The van der Waals surface area contributed by atoms with Crippen molar-refractivity contribution in [2.75, 3.05) is 20.1 Å². The summed E-state index contributed by atoms with van der Waals surface area (Å²) in [5.74, 6) is 0. The first-order chi connectivity index (χ1) is 8.48. The van der Waals surface area contributed by atoms with Crippen molar-refractivity contribution >= 4 is 10.0 Å². The molecular weight excluding hydrogens is 248 g/mol. The van der Waals surface area contributed by atoms with Crippen LogP contribution in [0.2, 0.25) is 0 Å². The first-order valence-electron chi connectivity index (χ1n) is 6.22. The molecule has 0 aliphatic rings. The molecule has 0 heterocycles. The van der Waals surface area contributed by atoms with Gasteiger partial charge in [-0.1, -0.05) is 26.0 Å². The molecular formula is C13H22N2O2S. The molecule has 1 N–H and O–H groups in total. The molecule has 0 amide bonds. The van der Waals surface area contributed by atoms with Crippen LogP contribution >= 0.6 is 0 Å². The highest BCUT2D eigenvalue weighted by molar-refractivity contribution is 7.89. The van der Waals surface area contributed by atoms with Gasteiger partial charge in [0.25, 0.3) is 0 Å². The van der Waals surface area contributed by atoms with E-state index in [0.717, 1.165) is 11.1 Å². The van der Waals surface area contributed by atoms with Crippen LogP contribution < -0.4 is 5.32 Å². The van der Waals surface area contributed by atoms with Crippen LogP contribution in [0.4, 0.5) is 0 Å². The van der Waals surface area contributed by atoms with Crippen LogP contribution in [0.25, 0.3) is 0 Å². The predicted molar refractivity (Wildman–Crippen MR) is 74.0 cm³/mol. The quantitative estimate of drug-likeness (QED) is 0.856. The molecule has 0 aliphatic carbocycles. The van der Waals surface area contributed by atoms with Crippen molar-refractivity contribution < 1.29 is 8.42 Å². The molecule has 0 atom stereocenters. The van der Waals surface area contributed by atoms with Gasteiger partial charge in [-0.2, -0.15) is 4.31 Å². The first-order valence-corrected chi connectivity index (χ1v) is 7.66. The Labute approximate surface area is 110 Å². The Morgan fingerprint density at radius 2 is 1.83 bits per heavy atom. The average molecular weight is 270 g/mol. The molecule has 5 heteroatoms. The van der Waals surface area contributed by atoms with Crippen LogP contribution in [0.1, 0.15) is 25.0 Å². The molecule has 102 valence electrons. The molecule has 1 rings (SSSR count). The minimum atomic E-state index is -3.37. The number of rotatable bonds is 6. The topological polar surface area (TPSA) is 49.4 Å². The van der Waals surface area contributed by atoms with Crippen molar-refractivity contribution in [1.29, 1.82) is 0 Å². The van der Waals surface area contributed by atoms with Gasteiger partial charge >= 0.3 is 0 Å². The van der Waals surface area contributed by atoms with Gasteiger partial charge in [-0.15, -0.1) is 0 Å². The lowest BCUT2D eigenvalue weighted by Gasteiger charge is -2.20. The van der Waals surface area contributed by atoms with E-state index in [9.17, 15) is 8.42 Å². The predicted octanol–water partition coefficient (Wildman–Crippen LogP) is 1.74. The van der Waals surface area contributed by atoms with Crippen molar-refractivity contribution in [3.05, 3.63) is 29.3 Å². The summed E-state index contributed by atoms with van der Waals surface area (Å²) >= 11 is 0. The fourth-order valence-corrected chi connectivity index (χ4v) is 3.75. The van der Waals surface area contributed by atoms with Crippen LogP contribution in [0.15, 0.2) is 23.1 Å². The highest BCUT2D eigenvalue weighted by Gasteiger charge is 2.24. The molecule has 0 fully saturated rings. The third-order valence-electron chi connectivity index (χ3n) is 3.09. The second-order valence-corrected chi connectivity index (χ2v) is 6.07. The lowest BCUT2D eigenvalue weighted by molar-refractivity contribution is 0.444. The SMILES string of the molecule is CCN(CC)S(=O)(=O)c1cccc(CNC)c1C. The molecule has 1 aromatic carbocycles. The monoisotopic (exact) mass is 270 g/mol. The Morgan fingerprint density at radius 1 is 1.22 bits per heavy atom. The summed E-state index contributed by atoms with van der Waals surface area (Å²) in [6.45, 7) is 7.24. The van der Waals surface area contributed by atoms with Gasteiger partial charge in [0.15, 0.2) is 0 Å². The van der Waals surface area contributed by atoms with E-state index in [0.29, 0.717) is 24.5 Å².